The van der Waals surface area contributed by atoms with Gasteiger partial charge in [0.2, 0.25) is 5.76 Å². The third kappa shape index (κ3) is 4.69. The second kappa shape index (κ2) is 8.43. The fourth-order valence-electron chi connectivity index (χ4n) is 2.25. The van der Waals surface area contributed by atoms with E-state index in [4.69, 9.17) is 14.3 Å². The molecule has 8 heteroatoms. The van der Waals surface area contributed by atoms with Crippen LogP contribution < -0.4 is 14.4 Å². The van der Waals surface area contributed by atoms with Crippen LogP contribution in [-0.2, 0) is 6.61 Å². The average molecular weight is 384 g/mol. The number of furan rings is 1. The molecule has 1 aromatic heterocycles. The first-order chi connectivity index (χ1) is 13.1. The van der Waals surface area contributed by atoms with Crippen LogP contribution in [0.5, 0.6) is 5.75 Å². The zero-order valence-electron chi connectivity index (χ0n) is 14.0. The number of urea groups is 1. The fraction of sp³-hybridized carbons (Fsp3) is 0.0526. The van der Waals surface area contributed by atoms with Crippen molar-refractivity contribution in [2.75, 3.05) is 9.62 Å². The van der Waals surface area contributed by atoms with E-state index in [9.17, 15) is 9.59 Å². The lowest BCUT2D eigenvalue weighted by atomic mass is 10.2. The van der Waals surface area contributed by atoms with Gasteiger partial charge in [-0.05, 0) is 54.1 Å². The van der Waals surface area contributed by atoms with Crippen molar-refractivity contribution in [1.29, 1.82) is 0 Å². The number of nitrogens with one attached hydrogen (secondary N) is 1. The lowest BCUT2D eigenvalue weighted by Crippen LogP contribution is -2.26. The Bertz CT molecular complexity index is 926. The van der Waals surface area contributed by atoms with Crippen LogP contribution in [0.25, 0.3) is 0 Å². The van der Waals surface area contributed by atoms with Gasteiger partial charge in [0, 0.05) is 5.69 Å². The predicted molar refractivity (Wildman–Crippen MR) is 103 cm³/mol. The van der Waals surface area contributed by atoms with Gasteiger partial charge in [0.15, 0.2) is 0 Å². The Morgan fingerprint density at radius 3 is 2.56 bits per heavy atom. The molecule has 0 radical (unpaired) electrons. The minimum atomic E-state index is -0.614. The van der Waals surface area contributed by atoms with Gasteiger partial charge < -0.3 is 19.6 Å². The molecular weight excluding hydrogens is 368 g/mol. The Balaban J connectivity index is 1.63. The molecule has 3 aromatic rings. The topological polar surface area (TPSA) is 92.0 Å². The molecular formula is C19H16N2O5S. The number of aliphatic hydroxyl groups is 1. The molecule has 7 nitrogen and oxygen atoms in total. The van der Waals surface area contributed by atoms with Crippen molar-refractivity contribution in [3.8, 4) is 5.75 Å². The minimum absolute atomic E-state index is 0.0967. The number of esters is 1. The molecule has 0 bridgehead atoms. The first kappa shape index (κ1) is 18.6. The molecule has 0 aliphatic rings. The maximum absolute atomic E-state index is 12.3. The summed E-state index contributed by atoms with van der Waals surface area (Å²) in [5.74, 6) is -0.214. The maximum atomic E-state index is 12.3. The van der Waals surface area contributed by atoms with Crippen molar-refractivity contribution < 1.29 is 23.8 Å². The quantitative estimate of drug-likeness (QED) is 0.353. The molecule has 2 amide bonds. The zero-order chi connectivity index (χ0) is 19.2. The molecule has 0 aliphatic carbocycles. The van der Waals surface area contributed by atoms with E-state index in [1.54, 1.807) is 54.6 Å². The molecule has 0 fully saturated rings. The number of carbonyl (C=O) groups excluding carboxylic acids is 2. The van der Waals surface area contributed by atoms with E-state index < -0.39 is 12.0 Å². The van der Waals surface area contributed by atoms with Crippen molar-refractivity contribution in [1.82, 2.24) is 0 Å². The lowest BCUT2D eigenvalue weighted by molar-refractivity contribution is 0.0701. The number of ether oxygens (including phenoxy) is 1. The summed E-state index contributed by atoms with van der Waals surface area (Å²) in [6.07, 6.45) is 1.38. The Kier molecular flexibility index (Phi) is 5.80. The summed E-state index contributed by atoms with van der Waals surface area (Å²) in [5, 5.41) is 11.8. The molecule has 0 saturated heterocycles. The highest BCUT2D eigenvalue weighted by Gasteiger charge is 2.14. The third-order valence-corrected chi connectivity index (χ3v) is 3.98. The first-order valence-electron chi connectivity index (χ1n) is 7.92. The third-order valence-electron chi connectivity index (χ3n) is 3.57. The molecule has 3 rings (SSSR count). The van der Waals surface area contributed by atoms with Crippen LogP contribution in [0.1, 0.15) is 16.1 Å². The van der Waals surface area contributed by atoms with Crippen molar-refractivity contribution >= 4 is 36.2 Å². The Morgan fingerprint density at radius 1 is 1.11 bits per heavy atom. The summed E-state index contributed by atoms with van der Waals surface area (Å²) in [5.41, 5.74) is 1.70. The molecule has 0 saturated carbocycles. The van der Waals surface area contributed by atoms with Crippen LogP contribution in [0.4, 0.5) is 16.2 Å². The summed E-state index contributed by atoms with van der Waals surface area (Å²) >= 11 is 4.20. The van der Waals surface area contributed by atoms with Crippen molar-refractivity contribution in [3.05, 3.63) is 78.3 Å². The van der Waals surface area contributed by atoms with Gasteiger partial charge in [0.25, 0.3) is 0 Å². The number of benzene rings is 2. The highest BCUT2D eigenvalue weighted by atomic mass is 32.1. The monoisotopic (exact) mass is 384 g/mol. The molecule has 0 aliphatic heterocycles. The van der Waals surface area contributed by atoms with Gasteiger partial charge in [-0.25, -0.2) is 13.9 Å². The smallest absolute Gasteiger partial charge is 0.379 e. The van der Waals surface area contributed by atoms with Gasteiger partial charge in [-0.15, -0.1) is 0 Å². The lowest BCUT2D eigenvalue weighted by Gasteiger charge is -2.17. The number of amides is 2. The molecule has 2 N–H and O–H groups in total. The second-order valence-corrected chi connectivity index (χ2v) is 5.86. The summed E-state index contributed by atoms with van der Waals surface area (Å²) in [6, 6.07) is 15.7. The van der Waals surface area contributed by atoms with Crippen molar-refractivity contribution in [2.45, 2.75) is 6.61 Å². The summed E-state index contributed by atoms with van der Waals surface area (Å²) in [4.78, 5) is 24.1. The van der Waals surface area contributed by atoms with Crippen LogP contribution in [0.15, 0.2) is 71.3 Å². The summed E-state index contributed by atoms with van der Waals surface area (Å²) in [6.45, 7) is -0.119. The van der Waals surface area contributed by atoms with Gasteiger partial charge in [-0.1, -0.05) is 24.9 Å². The van der Waals surface area contributed by atoms with Crippen LogP contribution in [0.3, 0.4) is 0 Å². The van der Waals surface area contributed by atoms with E-state index in [0.717, 1.165) is 4.31 Å². The molecule has 138 valence electrons. The number of nitrogens with zero attached hydrogens (tertiary/aromatic N) is 1. The highest BCUT2D eigenvalue weighted by molar-refractivity contribution is 7.82. The van der Waals surface area contributed by atoms with Crippen molar-refractivity contribution in [2.24, 2.45) is 0 Å². The SMILES string of the molecule is O=C(Oc1ccc(N(S)C(=O)Nc2cccc(CO)c2)cc1)c1ccco1. The number of hydrogen-bond acceptors (Lipinski definition) is 6. The molecule has 0 unspecified atom stereocenters. The standard InChI is InChI=1S/C19H16N2O5S/c22-12-13-3-1-4-14(11-13)20-19(24)21(27)15-6-8-16(9-7-15)26-18(23)17-5-2-10-25-17/h1-11,22,27H,12H2,(H,20,24). The van der Waals surface area contributed by atoms with Crippen molar-refractivity contribution in [3.63, 3.8) is 0 Å². The van der Waals surface area contributed by atoms with Gasteiger partial charge in [0.1, 0.15) is 5.75 Å². The average Bonchev–Trinajstić information content (AvgIpc) is 3.23. The van der Waals surface area contributed by atoms with E-state index >= 15 is 0 Å². The van der Waals surface area contributed by atoms with Crippen LogP contribution in [0.2, 0.25) is 0 Å². The highest BCUT2D eigenvalue weighted by Crippen LogP contribution is 2.23. The molecule has 27 heavy (non-hydrogen) atoms. The minimum Gasteiger partial charge on any atom is -0.457 e. The van der Waals surface area contributed by atoms with Crippen LogP contribution >= 0.6 is 12.8 Å². The predicted octanol–water partition coefficient (Wildman–Crippen LogP) is 3.87. The van der Waals surface area contributed by atoms with E-state index in [2.05, 4.69) is 18.1 Å². The largest absolute Gasteiger partial charge is 0.457 e. The molecule has 0 atom stereocenters. The summed E-state index contributed by atoms with van der Waals surface area (Å²) < 4.78 is 11.3. The van der Waals surface area contributed by atoms with E-state index in [-0.39, 0.29) is 12.4 Å². The molecule has 0 spiro atoms. The Morgan fingerprint density at radius 2 is 1.89 bits per heavy atom. The number of thiol groups is 1. The van der Waals surface area contributed by atoms with E-state index in [1.807, 2.05) is 0 Å². The van der Waals surface area contributed by atoms with Gasteiger partial charge in [-0.3, -0.25) is 0 Å². The summed E-state index contributed by atoms with van der Waals surface area (Å²) in [7, 11) is 0. The Labute approximate surface area is 160 Å². The van der Waals surface area contributed by atoms with E-state index in [0.29, 0.717) is 22.7 Å². The number of carbonyl (C=O) groups is 2. The normalized spacial score (nSPS) is 10.3. The van der Waals surface area contributed by atoms with E-state index in [1.165, 1.54) is 12.3 Å². The number of rotatable bonds is 5. The van der Waals surface area contributed by atoms with Gasteiger partial charge in [-0.2, -0.15) is 0 Å². The number of anilines is 2. The number of hydrogen-bond donors (Lipinski definition) is 3. The first-order valence-corrected chi connectivity index (χ1v) is 8.32. The van der Waals surface area contributed by atoms with Crippen LogP contribution in [0, 0.1) is 0 Å². The maximum Gasteiger partial charge on any atom is 0.379 e. The Hall–Kier alpha value is -3.23. The second-order valence-electron chi connectivity index (χ2n) is 5.46. The molecule has 2 aromatic carbocycles. The zero-order valence-corrected chi connectivity index (χ0v) is 14.9. The van der Waals surface area contributed by atoms with Gasteiger partial charge >= 0.3 is 12.0 Å². The number of aliphatic hydroxyl groups excluding tert-OH is 1. The van der Waals surface area contributed by atoms with Gasteiger partial charge in [0.05, 0.1) is 18.6 Å². The van der Waals surface area contributed by atoms with Crippen LogP contribution in [-0.4, -0.2) is 17.1 Å². The fourth-order valence-corrected chi connectivity index (χ4v) is 2.43. The molecule has 1 heterocycles.